The van der Waals surface area contributed by atoms with E-state index < -0.39 is 11.6 Å². The lowest BCUT2D eigenvalue weighted by Gasteiger charge is -2.03. The fourth-order valence-electron chi connectivity index (χ4n) is 1.45. The van der Waals surface area contributed by atoms with Crippen LogP contribution in [-0.2, 0) is 0 Å². The standard InChI is InChI=1S/C12H8F2N2O/c1-7-4-11(16-12(6-17)15-7)8-2-3-9(13)10(14)5-8/h2-6H,1H3. The van der Waals surface area contributed by atoms with Crippen LogP contribution in [-0.4, -0.2) is 16.3 Å². The number of hydrogen-bond donors (Lipinski definition) is 0. The molecule has 0 amide bonds. The lowest BCUT2D eigenvalue weighted by Crippen LogP contribution is -1.98. The summed E-state index contributed by atoms with van der Waals surface area (Å²) in [4.78, 5) is 18.4. The maximum Gasteiger partial charge on any atom is 0.193 e. The van der Waals surface area contributed by atoms with Crippen LogP contribution in [0.25, 0.3) is 11.3 Å². The predicted octanol–water partition coefficient (Wildman–Crippen LogP) is 2.54. The van der Waals surface area contributed by atoms with Gasteiger partial charge in [-0.05, 0) is 31.2 Å². The molecule has 0 fully saturated rings. The number of carbonyl (C=O) groups is 1. The number of benzene rings is 1. The van der Waals surface area contributed by atoms with Crippen molar-refractivity contribution in [3.63, 3.8) is 0 Å². The molecule has 1 heterocycles. The largest absolute Gasteiger partial charge is 0.294 e. The van der Waals surface area contributed by atoms with Crippen molar-refractivity contribution < 1.29 is 13.6 Å². The van der Waals surface area contributed by atoms with Gasteiger partial charge in [-0.15, -0.1) is 0 Å². The molecule has 0 saturated carbocycles. The topological polar surface area (TPSA) is 42.9 Å². The first-order valence-electron chi connectivity index (χ1n) is 4.86. The van der Waals surface area contributed by atoms with Gasteiger partial charge >= 0.3 is 0 Å². The normalized spacial score (nSPS) is 10.3. The summed E-state index contributed by atoms with van der Waals surface area (Å²) in [5.41, 5.74) is 1.37. The molecule has 3 nitrogen and oxygen atoms in total. The van der Waals surface area contributed by atoms with E-state index in [-0.39, 0.29) is 5.82 Å². The van der Waals surface area contributed by atoms with Gasteiger partial charge in [0.15, 0.2) is 23.7 Å². The van der Waals surface area contributed by atoms with Crippen molar-refractivity contribution in [2.24, 2.45) is 0 Å². The molecule has 0 radical (unpaired) electrons. The van der Waals surface area contributed by atoms with Crippen LogP contribution < -0.4 is 0 Å². The monoisotopic (exact) mass is 234 g/mol. The minimum absolute atomic E-state index is 0.0183. The molecular formula is C12H8F2N2O. The molecule has 0 spiro atoms. The Labute approximate surface area is 96.2 Å². The summed E-state index contributed by atoms with van der Waals surface area (Å²) in [7, 11) is 0. The van der Waals surface area contributed by atoms with Crippen molar-refractivity contribution in [3.05, 3.63) is 47.4 Å². The Morgan fingerprint density at radius 2 is 1.88 bits per heavy atom. The van der Waals surface area contributed by atoms with E-state index in [2.05, 4.69) is 9.97 Å². The number of halogens is 2. The number of aldehydes is 1. The molecule has 1 aromatic carbocycles. The fourth-order valence-corrected chi connectivity index (χ4v) is 1.45. The predicted molar refractivity (Wildman–Crippen MR) is 57.5 cm³/mol. The van der Waals surface area contributed by atoms with Gasteiger partial charge in [0.25, 0.3) is 0 Å². The van der Waals surface area contributed by atoms with Crippen LogP contribution >= 0.6 is 0 Å². The summed E-state index contributed by atoms with van der Waals surface area (Å²) < 4.78 is 25.8. The third-order valence-electron chi connectivity index (χ3n) is 2.19. The molecule has 5 heteroatoms. The summed E-state index contributed by atoms with van der Waals surface area (Å²) in [5, 5.41) is 0. The Hall–Kier alpha value is -2.17. The highest BCUT2D eigenvalue weighted by Gasteiger charge is 2.07. The molecule has 0 N–H and O–H groups in total. The van der Waals surface area contributed by atoms with Crippen molar-refractivity contribution in [2.75, 3.05) is 0 Å². The minimum atomic E-state index is -0.952. The van der Waals surface area contributed by atoms with Crippen molar-refractivity contribution in [1.29, 1.82) is 0 Å². The van der Waals surface area contributed by atoms with Crippen LogP contribution in [0.2, 0.25) is 0 Å². The van der Waals surface area contributed by atoms with E-state index in [9.17, 15) is 13.6 Å². The third-order valence-corrected chi connectivity index (χ3v) is 2.19. The zero-order valence-electron chi connectivity index (χ0n) is 8.95. The zero-order chi connectivity index (χ0) is 12.4. The van der Waals surface area contributed by atoms with E-state index in [1.54, 1.807) is 13.0 Å². The van der Waals surface area contributed by atoms with Gasteiger partial charge < -0.3 is 0 Å². The van der Waals surface area contributed by atoms with E-state index in [1.807, 2.05) is 0 Å². The number of aromatic nitrogens is 2. The van der Waals surface area contributed by atoms with Gasteiger partial charge in [0.2, 0.25) is 0 Å². The minimum Gasteiger partial charge on any atom is -0.294 e. The second-order valence-electron chi connectivity index (χ2n) is 3.50. The molecule has 86 valence electrons. The molecule has 0 unspecified atom stereocenters. The second-order valence-corrected chi connectivity index (χ2v) is 3.50. The number of nitrogens with zero attached hydrogens (tertiary/aromatic N) is 2. The molecule has 0 aliphatic rings. The first-order valence-corrected chi connectivity index (χ1v) is 4.86. The molecule has 0 aliphatic heterocycles. The molecule has 2 aromatic rings. The first kappa shape index (κ1) is 11.3. The quantitative estimate of drug-likeness (QED) is 0.750. The van der Waals surface area contributed by atoms with Gasteiger partial charge in [0.05, 0.1) is 5.69 Å². The second kappa shape index (κ2) is 4.37. The molecular weight excluding hydrogens is 226 g/mol. The summed E-state index contributed by atoms with van der Waals surface area (Å²) >= 11 is 0. The Bertz CT molecular complexity index is 585. The third kappa shape index (κ3) is 2.33. The van der Waals surface area contributed by atoms with Gasteiger partial charge in [-0.25, -0.2) is 18.7 Å². The molecule has 0 bridgehead atoms. The van der Waals surface area contributed by atoms with Crippen molar-refractivity contribution in [3.8, 4) is 11.3 Å². The highest BCUT2D eigenvalue weighted by molar-refractivity contribution is 5.71. The van der Waals surface area contributed by atoms with E-state index in [0.717, 1.165) is 12.1 Å². The zero-order valence-corrected chi connectivity index (χ0v) is 8.95. The average molecular weight is 234 g/mol. The lowest BCUT2D eigenvalue weighted by molar-refractivity contribution is 0.111. The number of hydrogen-bond acceptors (Lipinski definition) is 3. The molecule has 17 heavy (non-hydrogen) atoms. The Morgan fingerprint density at radius 1 is 1.12 bits per heavy atom. The number of carbonyl (C=O) groups excluding carboxylic acids is 1. The van der Waals surface area contributed by atoms with Crippen LogP contribution in [0.5, 0.6) is 0 Å². The van der Waals surface area contributed by atoms with Gasteiger partial charge in [-0.2, -0.15) is 0 Å². The van der Waals surface area contributed by atoms with Crippen LogP contribution in [0.4, 0.5) is 8.78 Å². The molecule has 0 atom stereocenters. The Balaban J connectivity index is 2.55. The van der Waals surface area contributed by atoms with Crippen molar-refractivity contribution >= 4 is 6.29 Å². The van der Waals surface area contributed by atoms with E-state index in [0.29, 0.717) is 23.2 Å². The van der Waals surface area contributed by atoms with E-state index in [4.69, 9.17) is 0 Å². The molecule has 1 aromatic heterocycles. The van der Waals surface area contributed by atoms with Crippen LogP contribution in [0.1, 0.15) is 16.3 Å². The van der Waals surface area contributed by atoms with Crippen molar-refractivity contribution in [2.45, 2.75) is 6.92 Å². The van der Waals surface area contributed by atoms with Crippen LogP contribution in [0, 0.1) is 18.6 Å². The fraction of sp³-hybridized carbons (Fsp3) is 0.0833. The van der Waals surface area contributed by atoms with E-state index in [1.165, 1.54) is 6.07 Å². The summed E-state index contributed by atoms with van der Waals surface area (Å²) in [6, 6.07) is 5.04. The SMILES string of the molecule is Cc1cc(-c2ccc(F)c(F)c2)nc(C=O)n1. The van der Waals surface area contributed by atoms with Gasteiger partial charge in [0.1, 0.15) is 0 Å². The molecule has 0 saturated heterocycles. The van der Waals surface area contributed by atoms with Crippen LogP contribution in [0.15, 0.2) is 24.3 Å². The number of aryl methyl sites for hydroxylation is 1. The smallest absolute Gasteiger partial charge is 0.193 e. The van der Waals surface area contributed by atoms with Crippen LogP contribution in [0.3, 0.4) is 0 Å². The highest BCUT2D eigenvalue weighted by atomic mass is 19.2. The molecule has 0 aliphatic carbocycles. The maximum absolute atomic E-state index is 13.1. The summed E-state index contributed by atoms with van der Waals surface area (Å²) in [6.07, 6.45) is 0.510. The van der Waals surface area contributed by atoms with Gasteiger partial charge in [0, 0.05) is 11.3 Å². The first-order chi connectivity index (χ1) is 8.10. The Kier molecular flexibility index (Phi) is 2.91. The average Bonchev–Trinajstić information content (AvgIpc) is 2.32. The lowest BCUT2D eigenvalue weighted by atomic mass is 10.1. The highest BCUT2D eigenvalue weighted by Crippen LogP contribution is 2.20. The van der Waals surface area contributed by atoms with Gasteiger partial charge in [-0.1, -0.05) is 0 Å². The van der Waals surface area contributed by atoms with Crippen molar-refractivity contribution in [1.82, 2.24) is 9.97 Å². The summed E-state index contributed by atoms with van der Waals surface area (Å²) in [5.74, 6) is -1.86. The summed E-state index contributed by atoms with van der Waals surface area (Å²) in [6.45, 7) is 1.69. The maximum atomic E-state index is 13.1. The van der Waals surface area contributed by atoms with Gasteiger partial charge in [-0.3, -0.25) is 4.79 Å². The van der Waals surface area contributed by atoms with E-state index >= 15 is 0 Å². The number of rotatable bonds is 2. The Morgan fingerprint density at radius 3 is 2.53 bits per heavy atom. The molecule has 2 rings (SSSR count).